The summed E-state index contributed by atoms with van der Waals surface area (Å²) in [4.78, 5) is 14.2. The van der Waals surface area contributed by atoms with Gasteiger partial charge in [0.15, 0.2) is 0 Å². The average molecular weight is 282 g/mol. The number of amides is 1. The summed E-state index contributed by atoms with van der Waals surface area (Å²) in [7, 11) is -1.57. The van der Waals surface area contributed by atoms with E-state index in [-0.39, 0.29) is 16.4 Å². The highest BCUT2D eigenvalue weighted by molar-refractivity contribution is 6.59. The monoisotopic (exact) mass is 281 g/mol. The minimum absolute atomic E-state index is 0.0875. The van der Waals surface area contributed by atoms with Crippen LogP contribution in [0.4, 0.5) is 0 Å². The lowest BCUT2D eigenvalue weighted by molar-refractivity contribution is 0.0683. The van der Waals surface area contributed by atoms with E-state index >= 15 is 0 Å². The number of hydrogen-bond donors (Lipinski definition) is 2. The van der Waals surface area contributed by atoms with Crippen molar-refractivity contribution >= 4 is 30.1 Å². The number of nitrogens with zero attached hydrogens (tertiary/aromatic N) is 1. The maximum absolute atomic E-state index is 12.4. The van der Waals surface area contributed by atoms with Gasteiger partial charge in [-0.3, -0.25) is 4.79 Å². The third-order valence-electron chi connectivity index (χ3n) is 3.47. The molecule has 1 aliphatic heterocycles. The molecule has 4 nitrogen and oxygen atoms in total. The minimum Gasteiger partial charge on any atom is -0.423 e. The van der Waals surface area contributed by atoms with E-state index in [1.807, 2.05) is 4.90 Å². The zero-order valence-electron chi connectivity index (χ0n) is 10.8. The second-order valence-corrected chi connectivity index (χ2v) is 5.52. The van der Waals surface area contributed by atoms with Crippen molar-refractivity contribution in [3.8, 4) is 0 Å². The second-order valence-electron chi connectivity index (χ2n) is 5.11. The number of carbonyl (C=O) groups is 1. The maximum atomic E-state index is 12.4. The van der Waals surface area contributed by atoms with Crippen LogP contribution < -0.4 is 5.46 Å². The van der Waals surface area contributed by atoms with E-state index in [2.05, 4.69) is 6.92 Å². The Morgan fingerprint density at radius 2 is 2.21 bits per heavy atom. The molecule has 1 aliphatic rings. The van der Waals surface area contributed by atoms with Crippen molar-refractivity contribution in [2.75, 3.05) is 13.1 Å². The van der Waals surface area contributed by atoms with Crippen molar-refractivity contribution in [1.82, 2.24) is 4.90 Å². The van der Waals surface area contributed by atoms with Gasteiger partial charge in [0, 0.05) is 13.1 Å². The molecule has 1 aromatic rings. The van der Waals surface area contributed by atoms with Crippen LogP contribution in [0.5, 0.6) is 0 Å². The summed E-state index contributed by atoms with van der Waals surface area (Å²) in [6.45, 7) is 3.63. The molecule has 19 heavy (non-hydrogen) atoms. The molecule has 1 heterocycles. The zero-order valence-corrected chi connectivity index (χ0v) is 11.6. The van der Waals surface area contributed by atoms with E-state index < -0.39 is 7.12 Å². The van der Waals surface area contributed by atoms with Gasteiger partial charge in [-0.15, -0.1) is 0 Å². The van der Waals surface area contributed by atoms with Crippen LogP contribution in [-0.2, 0) is 0 Å². The molecule has 1 aromatic carbocycles. The number of rotatable bonds is 2. The number of piperidine rings is 1. The SMILES string of the molecule is C[C@H]1CCCN(C(=O)c2ccc(B(O)O)cc2Cl)C1. The molecule has 6 heteroatoms. The maximum Gasteiger partial charge on any atom is 0.488 e. The van der Waals surface area contributed by atoms with E-state index in [1.54, 1.807) is 6.07 Å². The number of halogens is 1. The normalized spacial score (nSPS) is 19.4. The highest BCUT2D eigenvalue weighted by atomic mass is 35.5. The van der Waals surface area contributed by atoms with Crippen molar-refractivity contribution in [2.24, 2.45) is 5.92 Å². The lowest BCUT2D eigenvalue weighted by Gasteiger charge is -2.31. The van der Waals surface area contributed by atoms with Gasteiger partial charge >= 0.3 is 7.12 Å². The third kappa shape index (κ3) is 3.29. The Labute approximate surface area is 118 Å². The first-order chi connectivity index (χ1) is 8.99. The predicted octanol–water partition coefficient (Wildman–Crippen LogP) is 0.892. The second kappa shape index (κ2) is 5.95. The Kier molecular flexibility index (Phi) is 4.50. The van der Waals surface area contributed by atoms with Crippen molar-refractivity contribution < 1.29 is 14.8 Å². The van der Waals surface area contributed by atoms with Crippen LogP contribution in [0, 0.1) is 5.92 Å². The first-order valence-corrected chi connectivity index (χ1v) is 6.81. The van der Waals surface area contributed by atoms with Crippen LogP contribution in [0.15, 0.2) is 18.2 Å². The molecule has 1 amide bonds. The number of hydrogen-bond acceptors (Lipinski definition) is 3. The molecule has 102 valence electrons. The van der Waals surface area contributed by atoms with Crippen LogP contribution in [0.3, 0.4) is 0 Å². The number of likely N-dealkylation sites (tertiary alicyclic amines) is 1. The molecule has 2 N–H and O–H groups in total. The first-order valence-electron chi connectivity index (χ1n) is 6.44. The van der Waals surface area contributed by atoms with Crippen LogP contribution in [0.25, 0.3) is 0 Å². The molecule has 0 aliphatic carbocycles. The smallest absolute Gasteiger partial charge is 0.423 e. The fourth-order valence-corrected chi connectivity index (χ4v) is 2.68. The van der Waals surface area contributed by atoms with Gasteiger partial charge in [0.25, 0.3) is 5.91 Å². The summed E-state index contributed by atoms with van der Waals surface area (Å²) in [5.41, 5.74) is 0.703. The van der Waals surface area contributed by atoms with E-state index in [0.717, 1.165) is 25.9 Å². The molecule has 0 aromatic heterocycles. The molecule has 0 spiro atoms. The van der Waals surface area contributed by atoms with Crippen molar-refractivity contribution in [3.05, 3.63) is 28.8 Å². The highest BCUT2D eigenvalue weighted by Gasteiger charge is 2.24. The average Bonchev–Trinajstić information content (AvgIpc) is 2.37. The van der Waals surface area contributed by atoms with Crippen molar-refractivity contribution in [1.29, 1.82) is 0 Å². The topological polar surface area (TPSA) is 60.8 Å². The quantitative estimate of drug-likeness (QED) is 0.792. The van der Waals surface area contributed by atoms with Gasteiger partial charge in [0.1, 0.15) is 0 Å². The molecule has 2 rings (SSSR count). The highest BCUT2D eigenvalue weighted by Crippen LogP contribution is 2.21. The summed E-state index contributed by atoms with van der Waals surface area (Å²) in [6, 6.07) is 4.49. The van der Waals surface area contributed by atoms with E-state index in [0.29, 0.717) is 11.5 Å². The summed E-state index contributed by atoms with van der Waals surface area (Å²) in [5.74, 6) is 0.422. The van der Waals surface area contributed by atoms with E-state index in [1.165, 1.54) is 12.1 Å². The zero-order chi connectivity index (χ0) is 14.0. The van der Waals surface area contributed by atoms with Crippen LogP contribution in [-0.4, -0.2) is 41.1 Å². The minimum atomic E-state index is -1.57. The predicted molar refractivity (Wildman–Crippen MR) is 75.6 cm³/mol. The van der Waals surface area contributed by atoms with E-state index in [4.69, 9.17) is 21.6 Å². The molecule has 1 fully saturated rings. The molecule has 0 unspecified atom stereocenters. The molecule has 0 bridgehead atoms. The van der Waals surface area contributed by atoms with Gasteiger partial charge in [-0.05, 0) is 36.4 Å². The van der Waals surface area contributed by atoms with Gasteiger partial charge in [-0.1, -0.05) is 24.6 Å². The third-order valence-corrected chi connectivity index (χ3v) is 3.78. The standard InChI is InChI=1S/C13H17BClNO3/c1-9-3-2-6-16(8-9)13(17)11-5-4-10(14(18)19)7-12(11)15/h4-5,7,9,18-19H,2-3,6,8H2,1H3/t9-/m0/s1. The van der Waals surface area contributed by atoms with Crippen LogP contribution >= 0.6 is 11.6 Å². The summed E-state index contributed by atoms with van der Waals surface area (Å²) < 4.78 is 0. The van der Waals surface area contributed by atoms with Gasteiger partial charge in [-0.2, -0.15) is 0 Å². The van der Waals surface area contributed by atoms with Gasteiger partial charge in [0.05, 0.1) is 10.6 Å². The molecule has 0 saturated carbocycles. The molecular weight excluding hydrogens is 264 g/mol. The molecule has 0 radical (unpaired) electrons. The lowest BCUT2D eigenvalue weighted by atomic mass is 9.80. The fourth-order valence-electron chi connectivity index (χ4n) is 2.41. The Morgan fingerprint density at radius 3 is 2.79 bits per heavy atom. The van der Waals surface area contributed by atoms with Gasteiger partial charge < -0.3 is 14.9 Å². The molecule has 1 atom stereocenters. The largest absolute Gasteiger partial charge is 0.488 e. The van der Waals surface area contributed by atoms with Crippen LogP contribution in [0.1, 0.15) is 30.1 Å². The van der Waals surface area contributed by atoms with Crippen LogP contribution in [0.2, 0.25) is 5.02 Å². The number of carbonyl (C=O) groups excluding carboxylic acids is 1. The van der Waals surface area contributed by atoms with Crippen molar-refractivity contribution in [3.63, 3.8) is 0 Å². The summed E-state index contributed by atoms with van der Waals surface area (Å²) >= 11 is 6.05. The molecular formula is C13H17BClNO3. The van der Waals surface area contributed by atoms with E-state index in [9.17, 15) is 4.79 Å². The first kappa shape index (κ1) is 14.4. The summed E-state index contributed by atoms with van der Waals surface area (Å²) in [6.07, 6.45) is 2.16. The lowest BCUT2D eigenvalue weighted by Crippen LogP contribution is -2.39. The Bertz CT molecular complexity index is 481. The number of benzene rings is 1. The Morgan fingerprint density at radius 1 is 1.47 bits per heavy atom. The summed E-state index contributed by atoms with van der Waals surface area (Å²) in [5, 5.41) is 18.4. The fraction of sp³-hybridized carbons (Fsp3) is 0.462. The Hall–Kier alpha value is -1.04. The Balaban J connectivity index is 2.19. The van der Waals surface area contributed by atoms with Crippen molar-refractivity contribution in [2.45, 2.75) is 19.8 Å². The molecule has 1 saturated heterocycles. The van der Waals surface area contributed by atoms with Gasteiger partial charge in [0.2, 0.25) is 0 Å². The van der Waals surface area contributed by atoms with Gasteiger partial charge in [-0.25, -0.2) is 0 Å².